The van der Waals surface area contributed by atoms with Gasteiger partial charge < -0.3 is 5.11 Å². The van der Waals surface area contributed by atoms with Crippen molar-refractivity contribution in [1.29, 1.82) is 0 Å². The Balaban J connectivity index is 1.52. The molecule has 1 aromatic heterocycles. The van der Waals surface area contributed by atoms with E-state index in [4.69, 9.17) is 4.98 Å². The summed E-state index contributed by atoms with van der Waals surface area (Å²) >= 11 is 1.78. The highest BCUT2D eigenvalue weighted by atomic mass is 32.1. The minimum absolute atomic E-state index is 0.306. The first-order chi connectivity index (χ1) is 11.2. The first-order valence-electron chi connectivity index (χ1n) is 8.53. The summed E-state index contributed by atoms with van der Waals surface area (Å²) in [4.78, 5) is 7.26. The number of hydrogen-bond donors (Lipinski definition) is 1. The Morgan fingerprint density at radius 3 is 2.83 bits per heavy atom. The van der Waals surface area contributed by atoms with Crippen molar-refractivity contribution in [3.05, 3.63) is 52.0 Å². The summed E-state index contributed by atoms with van der Waals surface area (Å²) in [5.41, 5.74) is 2.56. The lowest BCUT2D eigenvalue weighted by molar-refractivity contribution is 0.0848. The molecule has 0 amide bonds. The fraction of sp³-hybridized carbons (Fsp3) is 0.526. The Hall–Kier alpha value is -1.23. The van der Waals surface area contributed by atoms with Gasteiger partial charge in [-0.25, -0.2) is 4.98 Å². The van der Waals surface area contributed by atoms with Crippen LogP contribution in [0.3, 0.4) is 0 Å². The van der Waals surface area contributed by atoms with E-state index in [1.54, 1.807) is 11.3 Å². The van der Waals surface area contributed by atoms with Gasteiger partial charge in [-0.3, -0.25) is 4.90 Å². The summed E-state index contributed by atoms with van der Waals surface area (Å²) in [6.45, 7) is 5.62. The summed E-state index contributed by atoms with van der Waals surface area (Å²) in [6, 6.07) is 10.6. The van der Waals surface area contributed by atoms with Crippen molar-refractivity contribution in [3.8, 4) is 0 Å². The molecule has 0 bridgehead atoms. The van der Waals surface area contributed by atoms with E-state index in [9.17, 15) is 5.11 Å². The van der Waals surface area contributed by atoms with Crippen LogP contribution in [0.25, 0.3) is 0 Å². The van der Waals surface area contributed by atoms with Crippen LogP contribution in [0.1, 0.15) is 29.6 Å². The standard InChI is InChI=1S/C19H26N2OS/c1-15-9-17(13-22)11-21(10-15)12-18-14-23-19(20-18)8-7-16-5-3-2-4-6-16/h2-6,14-15,17,22H,7-13H2,1H3. The van der Waals surface area contributed by atoms with Crippen molar-refractivity contribution >= 4 is 11.3 Å². The number of aryl methyl sites for hydroxylation is 2. The molecule has 124 valence electrons. The molecule has 1 N–H and O–H groups in total. The first-order valence-corrected chi connectivity index (χ1v) is 9.41. The van der Waals surface area contributed by atoms with Crippen molar-refractivity contribution in [2.24, 2.45) is 11.8 Å². The lowest BCUT2D eigenvalue weighted by Crippen LogP contribution is -2.40. The third kappa shape index (κ3) is 4.87. The Labute approximate surface area is 143 Å². The van der Waals surface area contributed by atoms with Crippen molar-refractivity contribution in [1.82, 2.24) is 9.88 Å². The number of aliphatic hydroxyl groups excluding tert-OH is 1. The molecule has 4 heteroatoms. The molecule has 3 nitrogen and oxygen atoms in total. The molecule has 3 rings (SSSR count). The Morgan fingerprint density at radius 2 is 2.04 bits per heavy atom. The number of nitrogens with zero attached hydrogens (tertiary/aromatic N) is 2. The Morgan fingerprint density at radius 1 is 1.22 bits per heavy atom. The molecule has 1 aliphatic rings. The average molecular weight is 330 g/mol. The fourth-order valence-electron chi connectivity index (χ4n) is 3.52. The third-order valence-corrected chi connectivity index (χ3v) is 5.49. The topological polar surface area (TPSA) is 36.4 Å². The number of rotatable bonds is 6. The number of likely N-dealkylation sites (tertiary alicyclic amines) is 1. The van der Waals surface area contributed by atoms with E-state index in [0.717, 1.165) is 38.9 Å². The maximum atomic E-state index is 9.43. The second-order valence-electron chi connectivity index (χ2n) is 6.80. The second-order valence-corrected chi connectivity index (χ2v) is 7.74. The number of hydrogen-bond acceptors (Lipinski definition) is 4. The molecule has 1 aromatic carbocycles. The predicted molar refractivity (Wildman–Crippen MR) is 95.6 cm³/mol. The molecule has 1 saturated heterocycles. The van der Waals surface area contributed by atoms with E-state index < -0.39 is 0 Å². The zero-order chi connectivity index (χ0) is 16.1. The van der Waals surface area contributed by atoms with Crippen LogP contribution in [0, 0.1) is 11.8 Å². The van der Waals surface area contributed by atoms with Crippen LogP contribution in [0.15, 0.2) is 35.7 Å². The van der Waals surface area contributed by atoms with E-state index >= 15 is 0 Å². The lowest BCUT2D eigenvalue weighted by atomic mass is 9.91. The highest BCUT2D eigenvalue weighted by molar-refractivity contribution is 7.09. The van der Waals surface area contributed by atoms with Gasteiger partial charge >= 0.3 is 0 Å². The molecule has 1 aliphatic heterocycles. The molecule has 0 saturated carbocycles. The van der Waals surface area contributed by atoms with Crippen molar-refractivity contribution in [2.75, 3.05) is 19.7 Å². The van der Waals surface area contributed by atoms with E-state index in [0.29, 0.717) is 18.4 Å². The maximum absolute atomic E-state index is 9.43. The van der Waals surface area contributed by atoms with E-state index in [-0.39, 0.29) is 0 Å². The average Bonchev–Trinajstić information content (AvgIpc) is 3.00. The van der Waals surface area contributed by atoms with Crippen LogP contribution in [-0.2, 0) is 19.4 Å². The minimum atomic E-state index is 0.306. The molecular weight excluding hydrogens is 304 g/mol. The largest absolute Gasteiger partial charge is 0.396 e. The minimum Gasteiger partial charge on any atom is -0.396 e. The second kappa shape index (κ2) is 8.04. The predicted octanol–water partition coefficient (Wildman–Crippen LogP) is 3.38. The summed E-state index contributed by atoms with van der Waals surface area (Å²) in [6.07, 6.45) is 3.22. The van der Waals surface area contributed by atoms with Gasteiger partial charge in [-0.15, -0.1) is 11.3 Å². The number of piperidine rings is 1. The summed E-state index contributed by atoms with van der Waals surface area (Å²) in [5.74, 6) is 1.09. The van der Waals surface area contributed by atoms with Gasteiger partial charge in [0.15, 0.2) is 0 Å². The van der Waals surface area contributed by atoms with Gasteiger partial charge in [0.2, 0.25) is 0 Å². The highest BCUT2D eigenvalue weighted by Gasteiger charge is 2.24. The third-order valence-electron chi connectivity index (χ3n) is 4.54. The molecule has 2 heterocycles. The zero-order valence-corrected chi connectivity index (χ0v) is 14.6. The van der Waals surface area contributed by atoms with Gasteiger partial charge in [0.1, 0.15) is 0 Å². The number of benzene rings is 1. The number of thiazole rings is 1. The smallest absolute Gasteiger partial charge is 0.0932 e. The number of aromatic nitrogens is 1. The van der Waals surface area contributed by atoms with Gasteiger partial charge in [-0.1, -0.05) is 37.3 Å². The normalized spacial score (nSPS) is 22.3. The fourth-order valence-corrected chi connectivity index (χ4v) is 4.31. The van der Waals surface area contributed by atoms with Gasteiger partial charge in [-0.05, 0) is 30.2 Å². The lowest BCUT2D eigenvalue weighted by Gasteiger charge is -2.35. The summed E-state index contributed by atoms with van der Waals surface area (Å²) in [7, 11) is 0. The van der Waals surface area contributed by atoms with Crippen LogP contribution < -0.4 is 0 Å². The van der Waals surface area contributed by atoms with Crippen molar-refractivity contribution in [2.45, 2.75) is 32.7 Å². The highest BCUT2D eigenvalue weighted by Crippen LogP contribution is 2.23. The molecule has 23 heavy (non-hydrogen) atoms. The molecule has 2 unspecified atom stereocenters. The van der Waals surface area contributed by atoms with E-state index in [1.807, 2.05) is 0 Å². The first kappa shape index (κ1) is 16.6. The van der Waals surface area contributed by atoms with Crippen LogP contribution >= 0.6 is 11.3 Å². The van der Waals surface area contributed by atoms with Crippen LogP contribution in [0.2, 0.25) is 0 Å². The molecule has 1 fully saturated rings. The Kier molecular flexibility index (Phi) is 5.81. The van der Waals surface area contributed by atoms with Gasteiger partial charge in [0.05, 0.1) is 10.7 Å². The molecular formula is C19H26N2OS. The molecule has 2 atom stereocenters. The molecule has 2 aromatic rings. The summed E-state index contributed by atoms with van der Waals surface area (Å²) in [5, 5.41) is 12.9. The van der Waals surface area contributed by atoms with Crippen molar-refractivity contribution in [3.63, 3.8) is 0 Å². The summed E-state index contributed by atoms with van der Waals surface area (Å²) < 4.78 is 0. The SMILES string of the molecule is CC1CC(CO)CN(Cc2csc(CCc3ccccc3)n2)C1. The number of aliphatic hydroxyl groups is 1. The van der Waals surface area contributed by atoms with Crippen LogP contribution in [-0.4, -0.2) is 34.7 Å². The zero-order valence-electron chi connectivity index (χ0n) is 13.8. The molecule has 0 radical (unpaired) electrons. The van der Waals surface area contributed by atoms with Crippen molar-refractivity contribution < 1.29 is 5.11 Å². The van der Waals surface area contributed by atoms with Gasteiger partial charge in [0.25, 0.3) is 0 Å². The van der Waals surface area contributed by atoms with Crippen LogP contribution in [0.5, 0.6) is 0 Å². The molecule has 0 spiro atoms. The van der Waals surface area contributed by atoms with Gasteiger partial charge in [0, 0.05) is 38.0 Å². The molecule has 0 aliphatic carbocycles. The van der Waals surface area contributed by atoms with E-state index in [1.165, 1.54) is 16.3 Å². The quantitative estimate of drug-likeness (QED) is 0.882. The van der Waals surface area contributed by atoms with Gasteiger partial charge in [-0.2, -0.15) is 0 Å². The van der Waals surface area contributed by atoms with E-state index in [2.05, 4.69) is 47.5 Å². The monoisotopic (exact) mass is 330 g/mol. The maximum Gasteiger partial charge on any atom is 0.0932 e. The Bertz CT molecular complexity index is 598. The van der Waals surface area contributed by atoms with Crippen LogP contribution in [0.4, 0.5) is 0 Å².